The van der Waals surface area contributed by atoms with Gasteiger partial charge in [0.05, 0.1) is 18.7 Å². The fraction of sp³-hybridized carbons (Fsp3) is 0.357. The molecular weight excluding hydrogens is 285 g/mol. The van der Waals surface area contributed by atoms with Crippen LogP contribution in [0, 0.1) is 0 Å². The molecule has 0 aliphatic carbocycles. The molecular formula is C14H15F3N2O2. The van der Waals surface area contributed by atoms with Crippen LogP contribution >= 0.6 is 0 Å². The van der Waals surface area contributed by atoms with Crippen LogP contribution in [0.2, 0.25) is 0 Å². The van der Waals surface area contributed by atoms with E-state index in [0.717, 1.165) is 12.1 Å². The molecule has 0 saturated heterocycles. The fourth-order valence-electron chi connectivity index (χ4n) is 1.97. The van der Waals surface area contributed by atoms with Crippen molar-refractivity contribution in [2.75, 3.05) is 19.7 Å². The van der Waals surface area contributed by atoms with Crippen LogP contribution in [-0.2, 0) is 12.7 Å². The number of hydrogen-bond acceptors (Lipinski definition) is 4. The van der Waals surface area contributed by atoms with E-state index >= 15 is 0 Å². The summed E-state index contributed by atoms with van der Waals surface area (Å²) in [6.07, 6.45) is -2.74. The Bertz CT molecular complexity index is 622. The molecule has 0 spiro atoms. The number of aliphatic hydroxyl groups is 1. The lowest BCUT2D eigenvalue weighted by atomic mass is 10.2. The lowest BCUT2D eigenvalue weighted by Gasteiger charge is -2.16. The van der Waals surface area contributed by atoms with Gasteiger partial charge in [0.1, 0.15) is 5.52 Å². The topological polar surface area (TPSA) is 49.5 Å². The third-order valence-corrected chi connectivity index (χ3v) is 2.92. The van der Waals surface area contributed by atoms with Crippen LogP contribution in [0.3, 0.4) is 0 Å². The number of nitrogens with zero attached hydrogens (tertiary/aromatic N) is 2. The summed E-state index contributed by atoms with van der Waals surface area (Å²) in [7, 11) is 0. The summed E-state index contributed by atoms with van der Waals surface area (Å²) in [5.41, 5.74) is -0.281. The van der Waals surface area contributed by atoms with Crippen molar-refractivity contribution in [2.45, 2.75) is 12.7 Å². The molecule has 1 aromatic heterocycles. The third-order valence-electron chi connectivity index (χ3n) is 2.92. The molecule has 0 amide bonds. The Kier molecular flexibility index (Phi) is 4.64. The summed E-state index contributed by atoms with van der Waals surface area (Å²) in [6, 6.07) is 3.19. The number of rotatable bonds is 6. The molecule has 0 atom stereocenters. The van der Waals surface area contributed by atoms with E-state index in [4.69, 9.17) is 9.52 Å². The van der Waals surface area contributed by atoms with Gasteiger partial charge in [0.15, 0.2) is 5.58 Å². The molecule has 21 heavy (non-hydrogen) atoms. The zero-order chi connectivity index (χ0) is 15.5. The second-order valence-electron chi connectivity index (χ2n) is 4.54. The minimum atomic E-state index is -4.40. The SMILES string of the molecule is C=CCN(CCO)Cc1nc2cc(C(F)(F)F)ccc2o1. The van der Waals surface area contributed by atoms with Gasteiger partial charge in [0.25, 0.3) is 0 Å². The molecule has 114 valence electrons. The van der Waals surface area contributed by atoms with E-state index in [1.165, 1.54) is 6.07 Å². The third kappa shape index (κ3) is 3.83. The molecule has 0 saturated carbocycles. The van der Waals surface area contributed by atoms with Crippen molar-refractivity contribution < 1.29 is 22.7 Å². The first-order valence-electron chi connectivity index (χ1n) is 6.35. The Hall–Kier alpha value is -1.86. The van der Waals surface area contributed by atoms with Crippen molar-refractivity contribution in [1.82, 2.24) is 9.88 Å². The maximum Gasteiger partial charge on any atom is 0.416 e. The lowest BCUT2D eigenvalue weighted by Crippen LogP contribution is -2.26. The molecule has 1 aromatic carbocycles. The zero-order valence-electron chi connectivity index (χ0n) is 11.2. The lowest BCUT2D eigenvalue weighted by molar-refractivity contribution is -0.137. The number of alkyl halides is 3. The highest BCUT2D eigenvalue weighted by atomic mass is 19.4. The predicted molar refractivity (Wildman–Crippen MR) is 71.6 cm³/mol. The van der Waals surface area contributed by atoms with Crippen molar-refractivity contribution in [3.8, 4) is 0 Å². The number of benzene rings is 1. The molecule has 2 rings (SSSR count). The second kappa shape index (κ2) is 6.28. The van der Waals surface area contributed by atoms with E-state index in [0.29, 0.717) is 31.1 Å². The van der Waals surface area contributed by atoms with Crippen LogP contribution in [0.15, 0.2) is 35.3 Å². The van der Waals surface area contributed by atoms with Crippen LogP contribution in [0.4, 0.5) is 13.2 Å². The molecule has 1 N–H and O–H groups in total. The van der Waals surface area contributed by atoms with Gasteiger partial charge in [-0.2, -0.15) is 13.2 Å². The monoisotopic (exact) mass is 300 g/mol. The summed E-state index contributed by atoms with van der Waals surface area (Å²) in [6.45, 7) is 4.79. The summed E-state index contributed by atoms with van der Waals surface area (Å²) in [4.78, 5) is 5.89. The molecule has 0 bridgehead atoms. The molecule has 0 unspecified atom stereocenters. The van der Waals surface area contributed by atoms with Gasteiger partial charge >= 0.3 is 6.18 Å². The van der Waals surface area contributed by atoms with E-state index < -0.39 is 11.7 Å². The van der Waals surface area contributed by atoms with E-state index in [1.807, 2.05) is 4.90 Å². The number of aliphatic hydroxyl groups excluding tert-OH is 1. The fourth-order valence-corrected chi connectivity index (χ4v) is 1.97. The summed E-state index contributed by atoms with van der Waals surface area (Å²) in [5.74, 6) is 0.305. The highest BCUT2D eigenvalue weighted by Crippen LogP contribution is 2.31. The van der Waals surface area contributed by atoms with E-state index in [1.54, 1.807) is 6.08 Å². The minimum absolute atomic E-state index is 0.0354. The number of oxazole rings is 1. The van der Waals surface area contributed by atoms with Gasteiger partial charge in [-0.1, -0.05) is 6.08 Å². The maximum atomic E-state index is 12.6. The summed E-state index contributed by atoms with van der Waals surface area (Å²) < 4.78 is 43.3. The van der Waals surface area contributed by atoms with Crippen LogP contribution in [0.25, 0.3) is 11.1 Å². The average Bonchev–Trinajstić information content (AvgIpc) is 2.79. The Labute approximate surface area is 119 Å². The number of aromatic nitrogens is 1. The highest BCUT2D eigenvalue weighted by molar-refractivity contribution is 5.73. The smallest absolute Gasteiger partial charge is 0.416 e. The van der Waals surface area contributed by atoms with Crippen LogP contribution in [0.5, 0.6) is 0 Å². The molecule has 1 heterocycles. The standard InChI is InChI=1S/C14H15F3N2O2/c1-2-5-19(6-7-20)9-13-18-11-8-10(14(15,16)17)3-4-12(11)21-13/h2-4,8,20H,1,5-7,9H2. The molecule has 0 aliphatic heterocycles. The Balaban J connectivity index is 2.24. The molecule has 7 heteroatoms. The van der Waals surface area contributed by atoms with Crippen molar-refractivity contribution in [2.24, 2.45) is 0 Å². The predicted octanol–water partition coefficient (Wildman–Crippen LogP) is 2.83. The van der Waals surface area contributed by atoms with E-state index in [2.05, 4.69) is 11.6 Å². The first-order valence-corrected chi connectivity index (χ1v) is 6.35. The maximum absolute atomic E-state index is 12.6. The normalized spacial score (nSPS) is 12.2. The number of halogens is 3. The van der Waals surface area contributed by atoms with Gasteiger partial charge < -0.3 is 9.52 Å². The van der Waals surface area contributed by atoms with Crippen molar-refractivity contribution in [3.63, 3.8) is 0 Å². The second-order valence-corrected chi connectivity index (χ2v) is 4.54. The first kappa shape index (κ1) is 15.5. The van der Waals surface area contributed by atoms with Crippen LogP contribution < -0.4 is 0 Å². The van der Waals surface area contributed by atoms with Crippen LogP contribution in [0.1, 0.15) is 11.5 Å². The van der Waals surface area contributed by atoms with Gasteiger partial charge in [0, 0.05) is 13.1 Å². The molecule has 0 fully saturated rings. The zero-order valence-corrected chi connectivity index (χ0v) is 11.2. The Morgan fingerprint density at radius 2 is 2.14 bits per heavy atom. The molecule has 2 aromatic rings. The molecule has 4 nitrogen and oxygen atoms in total. The average molecular weight is 300 g/mol. The number of hydrogen-bond donors (Lipinski definition) is 1. The quantitative estimate of drug-likeness (QED) is 0.833. The molecule has 0 radical (unpaired) electrons. The van der Waals surface area contributed by atoms with Crippen molar-refractivity contribution in [3.05, 3.63) is 42.3 Å². The van der Waals surface area contributed by atoms with Gasteiger partial charge in [0.2, 0.25) is 5.89 Å². The van der Waals surface area contributed by atoms with Gasteiger partial charge in [-0.05, 0) is 18.2 Å². The van der Waals surface area contributed by atoms with Gasteiger partial charge in [-0.25, -0.2) is 4.98 Å². The minimum Gasteiger partial charge on any atom is -0.439 e. The van der Waals surface area contributed by atoms with Crippen LogP contribution in [-0.4, -0.2) is 34.7 Å². The summed E-state index contributed by atoms with van der Waals surface area (Å²) in [5, 5.41) is 8.96. The first-order chi connectivity index (χ1) is 9.94. The molecule has 0 aliphatic rings. The van der Waals surface area contributed by atoms with Crippen molar-refractivity contribution in [1.29, 1.82) is 0 Å². The van der Waals surface area contributed by atoms with Gasteiger partial charge in [-0.15, -0.1) is 6.58 Å². The van der Waals surface area contributed by atoms with Gasteiger partial charge in [-0.3, -0.25) is 4.90 Å². The Morgan fingerprint density at radius 3 is 2.76 bits per heavy atom. The van der Waals surface area contributed by atoms with E-state index in [9.17, 15) is 13.2 Å². The largest absolute Gasteiger partial charge is 0.439 e. The van der Waals surface area contributed by atoms with E-state index in [-0.39, 0.29) is 12.1 Å². The van der Waals surface area contributed by atoms with Crippen molar-refractivity contribution >= 4 is 11.1 Å². The summed E-state index contributed by atoms with van der Waals surface area (Å²) >= 11 is 0. The number of fused-ring (bicyclic) bond motifs is 1. The Morgan fingerprint density at radius 1 is 1.38 bits per heavy atom. The highest BCUT2D eigenvalue weighted by Gasteiger charge is 2.31.